The predicted octanol–water partition coefficient (Wildman–Crippen LogP) is 18.0. The predicted molar refractivity (Wildman–Crippen MR) is 515 cm³/mol. The number of hydrogen-bond acceptors (Lipinski definition) is 15. The lowest BCUT2D eigenvalue weighted by Crippen LogP contribution is -2.31. The number of aliphatic imine (C=N–C) groups is 3. The van der Waals surface area contributed by atoms with Crippen molar-refractivity contribution >= 4 is 74.0 Å². The van der Waals surface area contributed by atoms with Crippen LogP contribution in [0.15, 0.2) is 345 Å². The number of H-pyrrole nitrogens is 3. The first kappa shape index (κ1) is 71.0. The van der Waals surface area contributed by atoms with Gasteiger partial charge in [0.1, 0.15) is 35.6 Å². The third kappa shape index (κ3) is 10.2. The zero-order chi connectivity index (χ0) is 85.6. The van der Waals surface area contributed by atoms with Crippen LogP contribution < -0.4 is 47.7 Å². The first-order valence-corrected chi connectivity index (χ1v) is 45.4. The van der Waals surface area contributed by atoms with Crippen LogP contribution in [0.5, 0.6) is 0 Å². The van der Waals surface area contributed by atoms with Gasteiger partial charge in [0.15, 0.2) is 0 Å². The van der Waals surface area contributed by atoms with Crippen LogP contribution in [-0.2, 0) is 0 Å². The standard InChI is InChI=1S/C114H70N18/c1-4-16-55(17-5-1)91-85-49-58-22-10-28-67(94(58)121-85)79-40-34-73-100(115-79)101-74(35-41-80(116-101)68-29-11-23-59-50-86(91)122-95(59)68)107-106(73)127-112(128-107)64-46-65(113-129-108-75-36-42-81-69-30-12-24-60-51-87(123-96(60)69)92(56-18-6-2-7-19-56)88-52-61-25-13-31-70(97(61)124-88)82-43-37-76(109(108)130-113)103(118-82)102(75)117-81)48-66(47-64)114-131-110-77-38-44-83-71-32-14-26-62-53-89(125-98(62)71)93(57-20-8-3-9-21-57)90-54-63-27-15-33-72(99(63)126-90)84-45-39-78(111(110)132-114)105(120-84)104(77)119-83/h1-54,85,87,91-92,106-111,122,124-125H,(H,127,128)(H,129,130)(H,131,132). The molecule has 19 aromatic rings. The van der Waals surface area contributed by atoms with E-state index in [1.165, 1.54) is 11.1 Å². The molecule has 31 rings (SSSR count). The van der Waals surface area contributed by atoms with Gasteiger partial charge >= 0.3 is 0 Å². The minimum absolute atomic E-state index is 0.0881. The highest BCUT2D eigenvalue weighted by Crippen LogP contribution is 2.55. The molecule has 0 amide bonds. The van der Waals surface area contributed by atoms with Gasteiger partial charge in [-0.3, -0.25) is 25.0 Å². The van der Waals surface area contributed by atoms with Gasteiger partial charge in [0.05, 0.1) is 149 Å². The molecule has 0 fully saturated rings. The Labute approximate surface area is 752 Å². The van der Waals surface area contributed by atoms with Crippen molar-refractivity contribution in [3.05, 3.63) is 431 Å². The van der Waals surface area contributed by atoms with Crippen LogP contribution in [0.2, 0.25) is 0 Å². The van der Waals surface area contributed by atoms with Crippen molar-refractivity contribution in [3.63, 3.8) is 0 Å². The number of pyridine rings is 6. The van der Waals surface area contributed by atoms with E-state index in [9.17, 15) is 0 Å². The summed E-state index contributed by atoms with van der Waals surface area (Å²) in [6.45, 7) is 0. The van der Waals surface area contributed by atoms with Crippen molar-refractivity contribution < 1.29 is 0 Å². The van der Waals surface area contributed by atoms with E-state index in [1.54, 1.807) is 0 Å². The van der Waals surface area contributed by atoms with Crippen molar-refractivity contribution in [3.8, 4) is 102 Å². The van der Waals surface area contributed by atoms with Gasteiger partial charge in [0.25, 0.3) is 0 Å². The lowest BCUT2D eigenvalue weighted by molar-refractivity contribution is 0.561. The number of amidine groups is 3. The van der Waals surface area contributed by atoms with Gasteiger partial charge in [-0.05, 0) is 118 Å². The molecular weight excluding hydrogens is 1620 g/mol. The molecule has 10 unspecified atom stereocenters. The van der Waals surface area contributed by atoms with Crippen LogP contribution in [0, 0.1) is 0 Å². The second-order valence-electron chi connectivity index (χ2n) is 36.6. The van der Waals surface area contributed by atoms with Gasteiger partial charge in [0, 0.05) is 127 Å². The Morgan fingerprint density at radius 2 is 0.606 bits per heavy atom. The Kier molecular flexibility index (Phi) is 14.1. The lowest BCUT2D eigenvalue weighted by atomic mass is 9.84. The molecule has 616 valence electrons. The summed E-state index contributed by atoms with van der Waals surface area (Å²) >= 11 is 0. The van der Waals surface area contributed by atoms with Gasteiger partial charge in [-0.1, -0.05) is 237 Å². The summed E-state index contributed by atoms with van der Waals surface area (Å²) in [7, 11) is 0. The molecular formula is C114H70N18. The molecule has 18 nitrogen and oxygen atoms in total. The molecule has 12 aliphatic rings. The summed E-state index contributed by atoms with van der Waals surface area (Å²) in [5.41, 5.74) is 35.5. The van der Waals surface area contributed by atoms with E-state index in [4.69, 9.17) is 59.9 Å². The van der Waals surface area contributed by atoms with E-state index < -0.39 is 18.1 Å². The number of aromatic amines is 3. The Bertz CT molecular complexity index is 8750. The zero-order valence-corrected chi connectivity index (χ0v) is 70.3. The van der Waals surface area contributed by atoms with Gasteiger partial charge in [-0.2, -0.15) is 0 Å². The number of hydrogen-bond donors (Lipinski definition) is 6. The van der Waals surface area contributed by atoms with Gasteiger partial charge < -0.3 is 30.9 Å². The molecule has 18 heteroatoms. The Balaban J connectivity index is 0.581. The zero-order valence-electron chi connectivity index (χ0n) is 70.3. The monoisotopic (exact) mass is 1690 g/mol. The molecule has 3 aliphatic carbocycles. The second-order valence-corrected chi connectivity index (χ2v) is 36.6. The van der Waals surface area contributed by atoms with Crippen molar-refractivity contribution in [1.29, 1.82) is 0 Å². The number of fused-ring (bicyclic) bond motifs is 27. The molecule has 18 heterocycles. The summed E-state index contributed by atoms with van der Waals surface area (Å²) in [5, 5.41) is 21.6. The van der Waals surface area contributed by atoms with Gasteiger partial charge in [-0.25, -0.2) is 34.9 Å². The van der Waals surface area contributed by atoms with E-state index in [2.05, 4.69) is 359 Å². The number of aromatic nitrogens is 9. The molecule has 0 saturated heterocycles. The Hall–Kier alpha value is -17.1. The second kappa shape index (κ2) is 26.3. The van der Waals surface area contributed by atoms with E-state index in [0.29, 0.717) is 17.5 Å². The first-order chi connectivity index (χ1) is 65.3. The van der Waals surface area contributed by atoms with Crippen molar-refractivity contribution in [2.24, 2.45) is 30.0 Å². The number of para-hydroxylation sites is 6. The molecule has 0 saturated carbocycles. The quantitative estimate of drug-likeness (QED) is 0.0927. The van der Waals surface area contributed by atoms with Crippen molar-refractivity contribution in [2.45, 2.75) is 60.2 Å². The third-order valence-electron chi connectivity index (χ3n) is 29.5. The molecule has 6 N–H and O–H groups in total. The highest BCUT2D eigenvalue weighted by molar-refractivity contribution is 6.11. The molecule has 132 heavy (non-hydrogen) atoms. The van der Waals surface area contributed by atoms with Gasteiger partial charge in [-0.15, -0.1) is 0 Å². The van der Waals surface area contributed by atoms with E-state index in [-0.39, 0.29) is 42.0 Å². The number of allylic oxidation sites excluding steroid dienone is 1. The van der Waals surface area contributed by atoms with Crippen LogP contribution in [0.3, 0.4) is 0 Å². The molecule has 0 spiro atoms. The average molecular weight is 1690 g/mol. The lowest BCUT2D eigenvalue weighted by Gasteiger charge is -2.29. The summed E-state index contributed by atoms with van der Waals surface area (Å²) in [6, 6.07) is 108. The smallest absolute Gasteiger partial charge is 0.129 e. The highest BCUT2D eigenvalue weighted by Gasteiger charge is 2.47. The van der Waals surface area contributed by atoms with Crippen molar-refractivity contribution in [1.82, 2.24) is 60.8 Å². The molecule has 10 aromatic carbocycles. The number of rotatable bonds is 6. The van der Waals surface area contributed by atoms with Crippen LogP contribution >= 0.6 is 0 Å². The normalized spacial score (nSPS) is 20.8. The summed E-state index contributed by atoms with van der Waals surface area (Å²) < 4.78 is 0. The van der Waals surface area contributed by atoms with E-state index in [0.717, 1.165) is 250 Å². The Morgan fingerprint density at radius 3 is 1.03 bits per heavy atom. The number of benzene rings is 10. The van der Waals surface area contributed by atoms with E-state index >= 15 is 0 Å². The Morgan fingerprint density at radius 1 is 0.258 bits per heavy atom. The van der Waals surface area contributed by atoms with E-state index in [1.807, 2.05) is 0 Å². The van der Waals surface area contributed by atoms with Crippen molar-refractivity contribution in [2.75, 3.05) is 0 Å². The van der Waals surface area contributed by atoms with Crippen LogP contribution in [0.1, 0.15) is 132 Å². The largest absolute Gasteiger partial charge is 0.360 e. The fourth-order valence-corrected chi connectivity index (χ4v) is 23.5. The SMILES string of the molecule is C1=c2cccc3c2=NC1=C(c1ccccc1)c1cc2cccc(c2[nH]1)-c1ccc2c(n1)-c1nc-3ccc1C1N=C(c3cc(C4=NC5c6ccc7nc6-c6nc(ccc6C5N4)-c4cccc5cc([nH]c45)C(c4ccccc4)C4C=c5cccc-7c5=N4)cc(C4=NC5c6ccc7nc6-c6nc(ccc6C5N4)-c4cccc5cc([nH]c45)C(c4ccccc4)C4C=c5cccc-7c5=N4)c3)NC21. The molecule has 9 aliphatic heterocycles. The maximum atomic E-state index is 5.94. The van der Waals surface area contributed by atoms with Crippen LogP contribution in [-0.4, -0.2) is 74.4 Å². The maximum Gasteiger partial charge on any atom is 0.129 e. The molecule has 0 radical (unpaired) electrons. The minimum atomic E-state index is -0.418. The first-order valence-electron chi connectivity index (χ1n) is 45.4. The molecule has 24 bridgehead atoms. The highest BCUT2D eigenvalue weighted by atomic mass is 15.2. The van der Waals surface area contributed by atoms with Crippen LogP contribution in [0.4, 0.5) is 0 Å². The summed E-state index contributed by atoms with van der Waals surface area (Å²) in [4.78, 5) is 81.3. The molecule has 9 aromatic heterocycles. The third-order valence-corrected chi connectivity index (χ3v) is 29.5. The summed E-state index contributed by atoms with van der Waals surface area (Å²) in [6.07, 6.45) is 6.89. The minimum Gasteiger partial charge on any atom is -0.360 e. The topological polar surface area (TPSA) is 235 Å². The van der Waals surface area contributed by atoms with Crippen LogP contribution in [0.25, 0.3) is 158 Å². The summed E-state index contributed by atoms with van der Waals surface area (Å²) in [5.74, 6) is 1.95. The average Bonchev–Trinajstić information content (AvgIpc) is 1.47. The molecule has 10 atom stereocenters. The fraction of sp³-hybridized carbons (Fsp3) is 0.0877. The van der Waals surface area contributed by atoms with Gasteiger partial charge in [0.2, 0.25) is 0 Å². The number of nitrogens with one attached hydrogen (secondary N) is 6. The maximum absolute atomic E-state index is 5.94. The fourth-order valence-electron chi connectivity index (χ4n) is 23.5. The number of nitrogens with zero attached hydrogens (tertiary/aromatic N) is 12.